The van der Waals surface area contributed by atoms with Crippen LogP contribution >= 0.6 is 11.3 Å². The summed E-state index contributed by atoms with van der Waals surface area (Å²) < 4.78 is 23.0. The van der Waals surface area contributed by atoms with E-state index in [0.29, 0.717) is 27.7 Å². The lowest BCUT2D eigenvalue weighted by Gasteiger charge is -2.24. The molecule has 1 atom stereocenters. The van der Waals surface area contributed by atoms with Gasteiger partial charge in [-0.25, -0.2) is 4.39 Å². The first-order chi connectivity index (χ1) is 14.3. The fourth-order valence-corrected chi connectivity index (χ4v) is 5.75. The number of nitrogens with zero attached hydrogens (tertiary/aromatic N) is 2. The first-order valence-electron chi connectivity index (χ1n) is 10.2. The van der Waals surface area contributed by atoms with E-state index in [4.69, 9.17) is 4.74 Å². The predicted molar refractivity (Wildman–Crippen MR) is 116 cm³/mol. The van der Waals surface area contributed by atoms with Gasteiger partial charge in [0.2, 0.25) is 5.43 Å². The van der Waals surface area contributed by atoms with Crippen molar-refractivity contribution < 1.29 is 19.0 Å². The van der Waals surface area contributed by atoms with Crippen LogP contribution in [0.15, 0.2) is 10.9 Å². The third-order valence-corrected chi connectivity index (χ3v) is 7.43. The smallest absolute Gasteiger partial charge is 0.202 e. The zero-order valence-electron chi connectivity index (χ0n) is 17.1. The number of ether oxygens (including phenoxy) is 1. The van der Waals surface area contributed by atoms with Crippen molar-refractivity contribution in [3.63, 3.8) is 0 Å². The van der Waals surface area contributed by atoms with E-state index >= 15 is 4.39 Å². The zero-order chi connectivity index (χ0) is 21.3. The Morgan fingerprint density at radius 3 is 2.63 bits per heavy atom. The van der Waals surface area contributed by atoms with Gasteiger partial charge in [-0.3, -0.25) is 9.59 Å². The number of thiophene rings is 1. The van der Waals surface area contributed by atoms with Gasteiger partial charge in [0.1, 0.15) is 20.8 Å². The van der Waals surface area contributed by atoms with E-state index in [1.54, 1.807) is 0 Å². The van der Waals surface area contributed by atoms with Crippen LogP contribution in [0.1, 0.15) is 48.8 Å². The quantitative estimate of drug-likeness (QED) is 0.619. The van der Waals surface area contributed by atoms with Gasteiger partial charge in [0, 0.05) is 26.1 Å². The number of rotatable bonds is 4. The van der Waals surface area contributed by atoms with E-state index in [9.17, 15) is 14.7 Å². The standard InChI is InChI=1S/C22H23FN2O4S/c1-10-6-7-24(9-10)17-14(23)8-13-16(20(17)29-3)25(12-4-5-12)22-15(18(13)27)19(28)21(30-22)11(2)26/h8,10,12,28H,4-7,9H2,1-3H3/t10-/m0/s1. The number of aromatic hydroxyl groups is 1. The molecule has 30 heavy (non-hydrogen) atoms. The van der Waals surface area contributed by atoms with Crippen molar-refractivity contribution >= 4 is 43.9 Å². The van der Waals surface area contributed by atoms with Crippen molar-refractivity contribution in [2.75, 3.05) is 25.1 Å². The molecule has 1 aromatic carbocycles. The van der Waals surface area contributed by atoms with Crippen molar-refractivity contribution in [3.8, 4) is 11.5 Å². The van der Waals surface area contributed by atoms with Crippen LogP contribution < -0.4 is 15.1 Å². The fraction of sp³-hybridized carbons (Fsp3) is 0.455. The molecule has 1 N–H and O–H groups in total. The SMILES string of the molecule is COc1c(N2CC[C@H](C)C2)c(F)cc2c(=O)c3c(O)c(C(C)=O)sc3n(C3CC3)c12. The van der Waals surface area contributed by atoms with Crippen LogP contribution in [0.25, 0.3) is 21.1 Å². The van der Waals surface area contributed by atoms with Crippen LogP contribution in [0.2, 0.25) is 0 Å². The molecule has 1 aliphatic carbocycles. The maximum atomic E-state index is 15.3. The Labute approximate surface area is 176 Å². The number of hydrogen-bond donors (Lipinski definition) is 1. The Balaban J connectivity index is 1.94. The monoisotopic (exact) mass is 430 g/mol. The summed E-state index contributed by atoms with van der Waals surface area (Å²) in [6, 6.07) is 1.39. The highest BCUT2D eigenvalue weighted by Crippen LogP contribution is 2.48. The van der Waals surface area contributed by atoms with E-state index in [1.807, 2.05) is 9.47 Å². The summed E-state index contributed by atoms with van der Waals surface area (Å²) in [6.07, 6.45) is 2.80. The topological polar surface area (TPSA) is 71.8 Å². The number of carbonyl (C=O) groups is 1. The predicted octanol–water partition coefficient (Wildman–Crippen LogP) is 4.45. The molecule has 3 heterocycles. The summed E-state index contributed by atoms with van der Waals surface area (Å²) in [4.78, 5) is 28.0. The fourth-order valence-electron chi connectivity index (χ4n) is 4.59. The molecule has 3 aromatic rings. The largest absolute Gasteiger partial charge is 0.505 e. The summed E-state index contributed by atoms with van der Waals surface area (Å²) in [7, 11) is 1.50. The number of Topliss-reactive ketones (excluding diaryl/α,β-unsaturated/α-hetero) is 1. The molecule has 0 radical (unpaired) electrons. The summed E-state index contributed by atoms with van der Waals surface area (Å²) in [6.45, 7) is 4.95. The number of carbonyl (C=O) groups excluding carboxylic acids is 1. The van der Waals surface area contributed by atoms with Gasteiger partial charge in [0.15, 0.2) is 23.1 Å². The first kappa shape index (κ1) is 19.4. The van der Waals surface area contributed by atoms with Crippen molar-refractivity contribution in [3.05, 3.63) is 27.0 Å². The molecule has 1 saturated carbocycles. The van der Waals surface area contributed by atoms with Gasteiger partial charge in [-0.05, 0) is 31.2 Å². The lowest BCUT2D eigenvalue weighted by atomic mass is 10.1. The number of anilines is 1. The molecule has 2 aliphatic rings. The molecular formula is C22H23FN2O4S. The Hall–Kier alpha value is -2.61. The molecular weight excluding hydrogens is 407 g/mol. The molecule has 0 unspecified atom stereocenters. The van der Waals surface area contributed by atoms with Gasteiger partial charge >= 0.3 is 0 Å². The van der Waals surface area contributed by atoms with Crippen LogP contribution in [0.3, 0.4) is 0 Å². The summed E-state index contributed by atoms with van der Waals surface area (Å²) in [5, 5.41) is 10.9. The second-order valence-electron chi connectivity index (χ2n) is 8.42. The molecule has 2 aromatic heterocycles. The van der Waals surface area contributed by atoms with Crippen LogP contribution in [0.5, 0.6) is 11.5 Å². The van der Waals surface area contributed by atoms with Gasteiger partial charge < -0.3 is 19.3 Å². The lowest BCUT2D eigenvalue weighted by Crippen LogP contribution is -2.22. The zero-order valence-corrected chi connectivity index (χ0v) is 17.9. The van der Waals surface area contributed by atoms with Crippen LogP contribution in [0.4, 0.5) is 10.1 Å². The summed E-state index contributed by atoms with van der Waals surface area (Å²) in [5.74, 6) is -0.314. The maximum Gasteiger partial charge on any atom is 0.202 e. The van der Waals surface area contributed by atoms with Gasteiger partial charge in [0.05, 0.1) is 18.0 Å². The molecule has 0 amide bonds. The van der Waals surface area contributed by atoms with E-state index in [-0.39, 0.29) is 33.2 Å². The minimum absolute atomic E-state index is 0.0913. The molecule has 1 saturated heterocycles. The minimum Gasteiger partial charge on any atom is -0.505 e. The molecule has 0 bridgehead atoms. The van der Waals surface area contributed by atoms with Crippen LogP contribution in [-0.2, 0) is 0 Å². The number of aromatic nitrogens is 1. The molecule has 158 valence electrons. The molecule has 6 nitrogen and oxygen atoms in total. The number of methoxy groups -OCH3 is 1. The minimum atomic E-state index is -0.506. The number of ketones is 1. The molecule has 5 rings (SSSR count). The maximum absolute atomic E-state index is 15.3. The van der Waals surface area contributed by atoms with Crippen molar-refractivity contribution in [2.45, 2.75) is 39.2 Å². The highest BCUT2D eigenvalue weighted by molar-refractivity contribution is 7.21. The third-order valence-electron chi connectivity index (χ3n) is 6.15. The Kier molecular flexibility index (Phi) is 4.32. The summed E-state index contributed by atoms with van der Waals surface area (Å²) >= 11 is 1.12. The Bertz CT molecular complexity index is 1270. The van der Waals surface area contributed by atoms with Gasteiger partial charge in [-0.2, -0.15) is 0 Å². The van der Waals surface area contributed by atoms with E-state index in [0.717, 1.165) is 43.7 Å². The van der Waals surface area contributed by atoms with E-state index in [1.165, 1.54) is 20.1 Å². The normalized spacial score (nSPS) is 19.2. The van der Waals surface area contributed by atoms with Crippen molar-refractivity contribution in [2.24, 2.45) is 5.92 Å². The van der Waals surface area contributed by atoms with Gasteiger partial charge in [-0.15, -0.1) is 11.3 Å². The second kappa shape index (κ2) is 6.70. The van der Waals surface area contributed by atoms with E-state index in [2.05, 4.69) is 6.92 Å². The lowest BCUT2D eigenvalue weighted by molar-refractivity contribution is 0.101. The first-order valence-corrected chi connectivity index (χ1v) is 11.0. The number of fused-ring (bicyclic) bond motifs is 2. The molecule has 0 spiro atoms. The molecule has 1 aliphatic heterocycles. The highest BCUT2D eigenvalue weighted by Gasteiger charge is 2.34. The third kappa shape index (κ3) is 2.66. The average Bonchev–Trinajstić information content (AvgIpc) is 3.35. The number of hydrogen-bond acceptors (Lipinski definition) is 6. The Morgan fingerprint density at radius 1 is 1.33 bits per heavy atom. The van der Waals surface area contributed by atoms with Crippen molar-refractivity contribution in [1.29, 1.82) is 0 Å². The van der Waals surface area contributed by atoms with Gasteiger partial charge in [-0.1, -0.05) is 6.92 Å². The number of benzene rings is 1. The molecule has 2 fully saturated rings. The Morgan fingerprint density at radius 2 is 2.07 bits per heavy atom. The molecule has 8 heteroatoms. The highest BCUT2D eigenvalue weighted by atomic mass is 32.1. The van der Waals surface area contributed by atoms with Gasteiger partial charge in [0.25, 0.3) is 0 Å². The second-order valence-corrected chi connectivity index (χ2v) is 9.42. The van der Waals surface area contributed by atoms with E-state index < -0.39 is 11.2 Å². The van der Waals surface area contributed by atoms with Crippen LogP contribution in [-0.4, -0.2) is 35.7 Å². The average molecular weight is 431 g/mol. The van der Waals surface area contributed by atoms with Crippen LogP contribution in [0, 0.1) is 11.7 Å². The number of pyridine rings is 1. The number of halogens is 1. The summed E-state index contributed by atoms with van der Waals surface area (Å²) in [5.41, 5.74) is 0.455. The van der Waals surface area contributed by atoms with Crippen molar-refractivity contribution in [1.82, 2.24) is 4.57 Å².